The number of benzene rings is 2. The summed E-state index contributed by atoms with van der Waals surface area (Å²) in [4.78, 5) is 11.4. The van der Waals surface area contributed by atoms with E-state index >= 15 is 0 Å². The minimum Gasteiger partial charge on any atom is -0.414 e. The first kappa shape index (κ1) is 11.9. The smallest absolute Gasteiger partial charge is 0.390 e. The summed E-state index contributed by atoms with van der Waals surface area (Å²) in [6.07, 6.45) is 0. The first-order valence-corrected chi connectivity index (χ1v) is 5.29. The fraction of sp³-hybridized carbons (Fsp3) is 0. The van der Waals surface area contributed by atoms with Crippen molar-refractivity contribution in [1.29, 1.82) is 0 Å². The van der Waals surface area contributed by atoms with E-state index in [1.807, 2.05) is 18.2 Å². The van der Waals surface area contributed by atoms with Crippen molar-refractivity contribution in [2.75, 3.05) is 0 Å². The minimum absolute atomic E-state index is 0.120. The van der Waals surface area contributed by atoms with Crippen molar-refractivity contribution in [3.05, 3.63) is 66.0 Å². The molecule has 0 saturated carbocycles. The number of rotatable bonds is 1. The maximum Gasteiger partial charge on any atom is 0.390 e. The Balaban J connectivity index is 2.07. The normalized spacial score (nSPS) is 9.17. The van der Waals surface area contributed by atoms with Gasteiger partial charge >= 0.3 is 5.97 Å². The van der Waals surface area contributed by atoms with Gasteiger partial charge in [-0.05, 0) is 24.3 Å². The van der Waals surface area contributed by atoms with E-state index in [1.165, 1.54) is 18.2 Å². The van der Waals surface area contributed by atoms with Crippen LogP contribution in [0.4, 0.5) is 4.39 Å². The Morgan fingerprint density at radius 2 is 1.67 bits per heavy atom. The molecule has 0 aromatic heterocycles. The first-order valence-electron chi connectivity index (χ1n) is 5.29. The quantitative estimate of drug-likeness (QED) is 0.435. The molecule has 0 bridgehead atoms. The van der Waals surface area contributed by atoms with E-state index in [0.29, 0.717) is 5.56 Å². The SMILES string of the molecule is O=C(C#Cc1ccccc1)Oc1ccccc1F. The van der Waals surface area contributed by atoms with Crippen molar-refractivity contribution in [3.8, 4) is 17.6 Å². The second-order valence-electron chi connectivity index (χ2n) is 3.44. The lowest BCUT2D eigenvalue weighted by atomic mass is 10.2. The van der Waals surface area contributed by atoms with Crippen LogP contribution in [0.25, 0.3) is 0 Å². The molecule has 88 valence electrons. The number of carbonyl (C=O) groups excluding carboxylic acids is 1. The summed E-state index contributed by atoms with van der Waals surface area (Å²) < 4.78 is 18.0. The fourth-order valence-corrected chi connectivity index (χ4v) is 1.30. The van der Waals surface area contributed by atoms with E-state index in [4.69, 9.17) is 4.74 Å². The lowest BCUT2D eigenvalue weighted by molar-refractivity contribution is -0.128. The monoisotopic (exact) mass is 240 g/mol. The van der Waals surface area contributed by atoms with Gasteiger partial charge in [0.05, 0.1) is 0 Å². The molecule has 2 nitrogen and oxygen atoms in total. The number of hydrogen-bond acceptors (Lipinski definition) is 2. The van der Waals surface area contributed by atoms with Crippen LogP contribution in [0.2, 0.25) is 0 Å². The fourth-order valence-electron chi connectivity index (χ4n) is 1.30. The Hall–Kier alpha value is -2.60. The van der Waals surface area contributed by atoms with Gasteiger partial charge in [0.15, 0.2) is 11.6 Å². The molecule has 0 fully saturated rings. The number of esters is 1. The molecule has 0 aliphatic carbocycles. The summed E-state index contributed by atoms with van der Waals surface area (Å²) >= 11 is 0. The molecule has 0 amide bonds. The highest BCUT2D eigenvalue weighted by Crippen LogP contribution is 2.15. The number of halogens is 1. The van der Waals surface area contributed by atoms with E-state index in [9.17, 15) is 9.18 Å². The van der Waals surface area contributed by atoms with Gasteiger partial charge in [-0.15, -0.1) is 0 Å². The van der Waals surface area contributed by atoms with Crippen LogP contribution < -0.4 is 4.74 Å². The van der Waals surface area contributed by atoms with Gasteiger partial charge in [-0.3, -0.25) is 0 Å². The van der Waals surface area contributed by atoms with Crippen molar-refractivity contribution in [2.45, 2.75) is 0 Å². The second-order valence-corrected chi connectivity index (χ2v) is 3.44. The van der Waals surface area contributed by atoms with Crippen LogP contribution >= 0.6 is 0 Å². The lowest BCUT2D eigenvalue weighted by Crippen LogP contribution is -2.05. The Bertz CT molecular complexity index is 609. The average molecular weight is 240 g/mol. The molecular formula is C15H9FO2. The summed E-state index contributed by atoms with van der Waals surface area (Å²) in [5.74, 6) is 3.44. The third-order valence-electron chi connectivity index (χ3n) is 2.12. The highest BCUT2D eigenvalue weighted by Gasteiger charge is 2.05. The summed E-state index contributed by atoms with van der Waals surface area (Å²) in [5, 5.41) is 0. The number of hydrogen-bond donors (Lipinski definition) is 0. The van der Waals surface area contributed by atoms with Gasteiger partial charge in [-0.1, -0.05) is 36.3 Å². The Kier molecular flexibility index (Phi) is 3.72. The van der Waals surface area contributed by atoms with E-state index < -0.39 is 11.8 Å². The van der Waals surface area contributed by atoms with Crippen molar-refractivity contribution in [3.63, 3.8) is 0 Å². The van der Waals surface area contributed by atoms with Gasteiger partial charge in [-0.2, -0.15) is 0 Å². The Morgan fingerprint density at radius 3 is 2.39 bits per heavy atom. The van der Waals surface area contributed by atoms with E-state index in [2.05, 4.69) is 11.8 Å². The van der Waals surface area contributed by atoms with Gasteiger partial charge in [0.25, 0.3) is 0 Å². The minimum atomic E-state index is -0.788. The van der Waals surface area contributed by atoms with E-state index in [-0.39, 0.29) is 5.75 Å². The zero-order chi connectivity index (χ0) is 12.8. The molecule has 0 atom stereocenters. The third kappa shape index (κ3) is 3.19. The van der Waals surface area contributed by atoms with Crippen LogP contribution in [0, 0.1) is 17.7 Å². The van der Waals surface area contributed by atoms with Crippen LogP contribution in [0.3, 0.4) is 0 Å². The summed E-state index contributed by atoms with van der Waals surface area (Å²) in [5.41, 5.74) is 0.697. The maximum atomic E-state index is 13.2. The molecule has 0 saturated heterocycles. The van der Waals surface area contributed by atoms with Crippen LogP contribution in [-0.4, -0.2) is 5.97 Å². The van der Waals surface area contributed by atoms with Gasteiger partial charge in [0.1, 0.15) is 0 Å². The van der Waals surface area contributed by atoms with E-state index in [0.717, 1.165) is 0 Å². The second kappa shape index (κ2) is 5.65. The summed E-state index contributed by atoms with van der Waals surface area (Å²) in [7, 11) is 0. The van der Waals surface area contributed by atoms with Gasteiger partial charge in [0, 0.05) is 11.5 Å². The third-order valence-corrected chi connectivity index (χ3v) is 2.12. The Labute approximate surface area is 104 Å². The van der Waals surface area contributed by atoms with Crippen molar-refractivity contribution in [2.24, 2.45) is 0 Å². The van der Waals surface area contributed by atoms with Crippen molar-refractivity contribution < 1.29 is 13.9 Å². The largest absolute Gasteiger partial charge is 0.414 e. The molecule has 0 aliphatic rings. The number of para-hydroxylation sites is 1. The molecule has 18 heavy (non-hydrogen) atoms. The predicted octanol–water partition coefficient (Wildman–Crippen LogP) is 2.78. The highest BCUT2D eigenvalue weighted by molar-refractivity contribution is 5.90. The van der Waals surface area contributed by atoms with Gasteiger partial charge < -0.3 is 4.74 Å². The zero-order valence-electron chi connectivity index (χ0n) is 9.39. The molecule has 0 unspecified atom stereocenters. The van der Waals surface area contributed by atoms with Crippen molar-refractivity contribution in [1.82, 2.24) is 0 Å². The molecule has 0 N–H and O–H groups in total. The molecule has 0 heterocycles. The molecule has 0 spiro atoms. The zero-order valence-corrected chi connectivity index (χ0v) is 9.39. The molecule has 2 aromatic carbocycles. The molecule has 0 aliphatic heterocycles. The van der Waals surface area contributed by atoms with Gasteiger partial charge in [-0.25, -0.2) is 9.18 Å². The van der Waals surface area contributed by atoms with Crippen LogP contribution in [0.1, 0.15) is 5.56 Å². The Morgan fingerprint density at radius 1 is 1.00 bits per heavy atom. The molecule has 3 heteroatoms. The summed E-state index contributed by atoms with van der Waals surface area (Å²) in [6, 6.07) is 14.7. The topological polar surface area (TPSA) is 26.3 Å². The molecule has 0 radical (unpaired) electrons. The lowest BCUT2D eigenvalue weighted by Gasteiger charge is -1.99. The first-order chi connectivity index (χ1) is 8.75. The highest BCUT2D eigenvalue weighted by atomic mass is 19.1. The number of carbonyl (C=O) groups is 1. The van der Waals surface area contributed by atoms with Crippen LogP contribution in [0.15, 0.2) is 54.6 Å². The standard InChI is InChI=1S/C15H9FO2/c16-13-8-4-5-9-14(13)18-15(17)11-10-12-6-2-1-3-7-12/h1-9H. The molecule has 2 aromatic rings. The van der Waals surface area contributed by atoms with Crippen LogP contribution in [0.5, 0.6) is 5.75 Å². The maximum absolute atomic E-state index is 13.2. The van der Waals surface area contributed by atoms with Crippen molar-refractivity contribution >= 4 is 5.97 Å². The number of ether oxygens (including phenoxy) is 1. The predicted molar refractivity (Wildman–Crippen MR) is 65.4 cm³/mol. The van der Waals surface area contributed by atoms with Crippen LogP contribution in [-0.2, 0) is 4.79 Å². The average Bonchev–Trinajstić information content (AvgIpc) is 2.40. The molecule has 2 rings (SSSR count). The molecular weight excluding hydrogens is 231 g/mol. The summed E-state index contributed by atoms with van der Waals surface area (Å²) in [6.45, 7) is 0. The van der Waals surface area contributed by atoms with E-state index in [1.54, 1.807) is 18.2 Å². The van der Waals surface area contributed by atoms with Gasteiger partial charge in [0.2, 0.25) is 0 Å².